The number of benzene rings is 2. The van der Waals surface area contributed by atoms with Crippen molar-refractivity contribution in [1.29, 1.82) is 5.26 Å². The third-order valence-corrected chi connectivity index (χ3v) is 5.11. The quantitative estimate of drug-likeness (QED) is 0.241. The van der Waals surface area contributed by atoms with Crippen LogP contribution in [0.25, 0.3) is 16.7 Å². The molecule has 0 atom stereocenters. The van der Waals surface area contributed by atoms with Crippen molar-refractivity contribution in [3.63, 3.8) is 0 Å². The van der Waals surface area contributed by atoms with Gasteiger partial charge in [-0.1, -0.05) is 25.1 Å². The molecule has 2 aromatic carbocycles. The molecule has 2 aromatic rings. The number of rotatable bonds is 9. The van der Waals surface area contributed by atoms with Gasteiger partial charge in [0.1, 0.15) is 23.5 Å². The SMILES string of the molecule is CCCOc1c(OC)ccc(-c2cccc(/C(=C/OS(=O)(=O)C(F)(F)F)C(=O)O)c2)c1C#N. The molecule has 0 radical (unpaired) electrons. The summed E-state index contributed by atoms with van der Waals surface area (Å²) < 4.78 is 74.4. The predicted octanol–water partition coefficient (Wildman–Crippen LogP) is 4.31. The zero-order valence-corrected chi connectivity index (χ0v) is 18.2. The van der Waals surface area contributed by atoms with Gasteiger partial charge in [0.05, 0.1) is 13.7 Å². The Morgan fingerprint density at radius 2 is 1.94 bits per heavy atom. The largest absolute Gasteiger partial charge is 0.534 e. The summed E-state index contributed by atoms with van der Waals surface area (Å²) in [6.07, 6.45) is 0.653. The lowest BCUT2D eigenvalue weighted by Crippen LogP contribution is -2.24. The number of ether oxygens (including phenoxy) is 2. The maximum absolute atomic E-state index is 12.5. The highest BCUT2D eigenvalue weighted by atomic mass is 32.2. The number of halogens is 3. The average molecular weight is 485 g/mol. The molecule has 0 aromatic heterocycles. The normalized spacial score (nSPS) is 12.1. The summed E-state index contributed by atoms with van der Waals surface area (Å²) in [4.78, 5) is 11.6. The van der Waals surface area contributed by atoms with Crippen LogP contribution in [-0.4, -0.2) is 38.7 Å². The van der Waals surface area contributed by atoms with Crippen molar-refractivity contribution in [3.8, 4) is 28.7 Å². The minimum Gasteiger partial charge on any atom is -0.493 e. The standard InChI is InChI=1S/C21H18F3NO7S/c1-3-9-31-19-16(11-25)15(7-8-18(19)30-2)13-5-4-6-14(10-13)17(20(26)27)12-32-33(28,29)21(22,23)24/h4-8,10,12H,3,9H2,1-2H3,(H,26,27)/b17-12-. The van der Waals surface area contributed by atoms with Gasteiger partial charge in [0, 0.05) is 5.56 Å². The summed E-state index contributed by atoms with van der Waals surface area (Å²) in [5, 5.41) is 19.1. The van der Waals surface area contributed by atoms with Crippen LogP contribution in [0, 0.1) is 11.3 Å². The number of carboxylic acids is 1. The Hall–Kier alpha value is -3.72. The lowest BCUT2D eigenvalue weighted by Gasteiger charge is -2.15. The lowest BCUT2D eigenvalue weighted by atomic mass is 9.95. The van der Waals surface area contributed by atoms with Crippen molar-refractivity contribution in [3.05, 3.63) is 53.8 Å². The number of hydrogen-bond acceptors (Lipinski definition) is 7. The fraction of sp³-hybridized carbons (Fsp3) is 0.238. The number of aliphatic carboxylic acids is 1. The molecule has 176 valence electrons. The number of carbonyl (C=O) groups is 1. The van der Waals surface area contributed by atoms with E-state index in [0.717, 1.165) is 0 Å². The molecule has 1 N–H and O–H groups in total. The Morgan fingerprint density at radius 1 is 1.24 bits per heavy atom. The third-order valence-electron chi connectivity index (χ3n) is 4.19. The number of methoxy groups -OCH3 is 1. The van der Waals surface area contributed by atoms with Crippen LogP contribution in [0.15, 0.2) is 42.7 Å². The molecule has 0 aliphatic heterocycles. The Bertz CT molecular complexity index is 1220. The van der Waals surface area contributed by atoms with Gasteiger partial charge in [-0.15, -0.1) is 0 Å². The molecular formula is C21H18F3NO7S. The highest BCUT2D eigenvalue weighted by Gasteiger charge is 2.48. The van der Waals surface area contributed by atoms with Crippen molar-refractivity contribution in [1.82, 2.24) is 0 Å². The van der Waals surface area contributed by atoms with Gasteiger partial charge in [-0.25, -0.2) is 4.79 Å². The van der Waals surface area contributed by atoms with E-state index in [0.29, 0.717) is 29.9 Å². The van der Waals surface area contributed by atoms with Gasteiger partial charge < -0.3 is 18.8 Å². The Balaban J connectivity index is 2.60. The molecule has 0 spiro atoms. The maximum atomic E-state index is 12.5. The zero-order valence-electron chi connectivity index (χ0n) is 17.3. The smallest absolute Gasteiger partial charge is 0.493 e. The molecule has 0 fully saturated rings. The highest BCUT2D eigenvalue weighted by Crippen LogP contribution is 2.38. The molecule has 0 heterocycles. The molecule has 0 saturated carbocycles. The van der Waals surface area contributed by atoms with Gasteiger partial charge in [0.2, 0.25) is 0 Å². The first kappa shape index (κ1) is 25.5. The second kappa shape index (κ2) is 10.3. The molecule has 12 heteroatoms. The van der Waals surface area contributed by atoms with E-state index in [1.807, 2.05) is 13.0 Å². The number of alkyl halides is 3. The van der Waals surface area contributed by atoms with Gasteiger partial charge in [-0.3, -0.25) is 0 Å². The first-order chi connectivity index (χ1) is 15.5. The minimum atomic E-state index is -6.04. The Labute approximate surface area is 187 Å². The summed E-state index contributed by atoms with van der Waals surface area (Å²) in [7, 11) is -4.65. The van der Waals surface area contributed by atoms with Crippen LogP contribution in [0.2, 0.25) is 0 Å². The molecule has 0 bridgehead atoms. The van der Waals surface area contributed by atoms with Crippen LogP contribution in [0.1, 0.15) is 24.5 Å². The van der Waals surface area contributed by atoms with Gasteiger partial charge >= 0.3 is 21.6 Å². The molecule has 33 heavy (non-hydrogen) atoms. The summed E-state index contributed by atoms with van der Waals surface area (Å²) in [5.41, 5.74) is -5.99. The topological polar surface area (TPSA) is 123 Å². The van der Waals surface area contributed by atoms with Crippen LogP contribution < -0.4 is 9.47 Å². The third kappa shape index (κ3) is 5.75. The van der Waals surface area contributed by atoms with Crippen molar-refractivity contribution in [2.75, 3.05) is 13.7 Å². The molecule has 2 rings (SSSR count). The zero-order chi connectivity index (χ0) is 24.8. The van der Waals surface area contributed by atoms with Gasteiger partial charge in [0.25, 0.3) is 0 Å². The molecule has 8 nitrogen and oxygen atoms in total. The highest BCUT2D eigenvalue weighted by molar-refractivity contribution is 7.87. The monoisotopic (exact) mass is 485 g/mol. The van der Waals surface area contributed by atoms with E-state index < -0.39 is 27.2 Å². The van der Waals surface area contributed by atoms with Crippen molar-refractivity contribution in [2.24, 2.45) is 0 Å². The van der Waals surface area contributed by atoms with Gasteiger partial charge in [-0.2, -0.15) is 26.9 Å². The lowest BCUT2D eigenvalue weighted by molar-refractivity contribution is -0.130. The molecular weight excluding hydrogens is 467 g/mol. The van der Waals surface area contributed by atoms with E-state index in [4.69, 9.17) is 9.47 Å². The van der Waals surface area contributed by atoms with E-state index in [1.165, 1.54) is 37.4 Å². The molecule has 0 aliphatic rings. The maximum Gasteiger partial charge on any atom is 0.534 e. The first-order valence-corrected chi connectivity index (χ1v) is 10.6. The predicted molar refractivity (Wildman–Crippen MR) is 111 cm³/mol. The van der Waals surface area contributed by atoms with Crippen LogP contribution >= 0.6 is 0 Å². The summed E-state index contributed by atoms with van der Waals surface area (Å²) in [5.74, 6) is -1.25. The Morgan fingerprint density at radius 3 is 2.48 bits per heavy atom. The van der Waals surface area contributed by atoms with Crippen molar-refractivity contribution >= 4 is 21.7 Å². The van der Waals surface area contributed by atoms with E-state index in [1.54, 1.807) is 6.07 Å². The van der Waals surface area contributed by atoms with Gasteiger partial charge in [0.15, 0.2) is 11.5 Å². The Kier molecular flexibility index (Phi) is 7.94. The van der Waals surface area contributed by atoms with E-state index in [2.05, 4.69) is 4.18 Å². The fourth-order valence-corrected chi connectivity index (χ4v) is 3.02. The second-order valence-corrected chi connectivity index (χ2v) is 7.96. The van der Waals surface area contributed by atoms with Crippen LogP contribution in [0.4, 0.5) is 13.2 Å². The molecule has 0 aliphatic carbocycles. The molecule has 0 saturated heterocycles. The van der Waals surface area contributed by atoms with Crippen LogP contribution in [-0.2, 0) is 19.1 Å². The summed E-state index contributed by atoms with van der Waals surface area (Å²) in [6, 6.07) is 10.5. The number of carboxylic acid groups (broad SMARTS) is 1. The van der Waals surface area contributed by atoms with Crippen LogP contribution in [0.3, 0.4) is 0 Å². The fourth-order valence-electron chi connectivity index (χ4n) is 2.69. The molecule has 0 unspecified atom stereocenters. The summed E-state index contributed by atoms with van der Waals surface area (Å²) in [6.45, 7) is 2.16. The van der Waals surface area contributed by atoms with Crippen molar-refractivity contribution < 1.29 is 45.1 Å². The number of nitrogens with zero attached hydrogens (tertiary/aromatic N) is 1. The number of hydrogen-bond donors (Lipinski definition) is 1. The minimum absolute atomic E-state index is 0.000710. The van der Waals surface area contributed by atoms with E-state index in [9.17, 15) is 36.8 Å². The average Bonchev–Trinajstić information content (AvgIpc) is 2.76. The van der Waals surface area contributed by atoms with Crippen LogP contribution in [0.5, 0.6) is 11.5 Å². The van der Waals surface area contributed by atoms with E-state index in [-0.39, 0.29) is 23.1 Å². The van der Waals surface area contributed by atoms with E-state index >= 15 is 0 Å². The summed E-state index contributed by atoms with van der Waals surface area (Å²) >= 11 is 0. The second-order valence-electron chi connectivity index (χ2n) is 6.39. The van der Waals surface area contributed by atoms with Crippen molar-refractivity contribution in [2.45, 2.75) is 18.9 Å². The number of nitriles is 1. The molecule has 0 amide bonds. The first-order valence-electron chi connectivity index (χ1n) is 9.24. The van der Waals surface area contributed by atoms with Gasteiger partial charge in [-0.05, 0) is 35.7 Å².